The van der Waals surface area contributed by atoms with Crippen molar-refractivity contribution in [1.29, 1.82) is 0 Å². The van der Waals surface area contributed by atoms with E-state index in [4.69, 9.17) is 16.3 Å². The molecule has 2 aromatic carbocycles. The zero-order chi connectivity index (χ0) is 20.9. The van der Waals surface area contributed by atoms with E-state index in [1.165, 1.54) is 16.4 Å². The van der Waals surface area contributed by atoms with Crippen molar-refractivity contribution in [2.75, 3.05) is 44.6 Å². The molecule has 0 radical (unpaired) electrons. The van der Waals surface area contributed by atoms with Crippen LogP contribution < -0.4 is 10.1 Å². The van der Waals surface area contributed by atoms with E-state index >= 15 is 0 Å². The summed E-state index contributed by atoms with van der Waals surface area (Å²) in [5.74, 6) is 0.462. The molecular formula is C20H24ClN3O4S. The highest BCUT2D eigenvalue weighted by Gasteiger charge is 2.29. The number of nitrogens with zero attached hydrogens (tertiary/aromatic N) is 2. The van der Waals surface area contributed by atoms with Crippen molar-refractivity contribution in [3.05, 3.63) is 53.6 Å². The molecule has 1 heterocycles. The number of sulfonamides is 1. The summed E-state index contributed by atoms with van der Waals surface area (Å²) >= 11 is 5.92. The first-order valence-electron chi connectivity index (χ1n) is 9.40. The molecule has 1 aliphatic rings. The Morgan fingerprint density at radius 2 is 1.83 bits per heavy atom. The van der Waals surface area contributed by atoms with Gasteiger partial charge in [0, 0.05) is 31.2 Å². The molecule has 1 fully saturated rings. The Morgan fingerprint density at radius 3 is 2.52 bits per heavy atom. The number of carbonyl (C=O) groups is 1. The van der Waals surface area contributed by atoms with E-state index in [0.29, 0.717) is 49.2 Å². The predicted octanol–water partition coefficient (Wildman–Crippen LogP) is 2.68. The number of benzene rings is 2. The average Bonchev–Trinajstić information content (AvgIpc) is 2.70. The van der Waals surface area contributed by atoms with Gasteiger partial charge in [-0.1, -0.05) is 29.8 Å². The average molecular weight is 438 g/mol. The van der Waals surface area contributed by atoms with Gasteiger partial charge in [0.15, 0.2) is 0 Å². The standard InChI is InChI=1S/C20H24ClN3O4S/c1-2-28-19-9-4-3-8-18(19)22-20(25)15-23-10-12-24(13-11-23)29(26,27)17-7-5-6-16(21)14-17/h3-9,14H,2,10-13,15H2,1H3,(H,22,25). The Morgan fingerprint density at radius 1 is 1.10 bits per heavy atom. The number of rotatable bonds is 7. The summed E-state index contributed by atoms with van der Waals surface area (Å²) in [5.41, 5.74) is 0.626. The number of amides is 1. The lowest BCUT2D eigenvalue weighted by Gasteiger charge is -2.33. The summed E-state index contributed by atoms with van der Waals surface area (Å²) in [6.07, 6.45) is 0. The third kappa shape index (κ3) is 5.48. The normalized spacial score (nSPS) is 15.8. The van der Waals surface area contributed by atoms with Crippen LogP contribution in [-0.4, -0.2) is 62.9 Å². The molecule has 0 aliphatic carbocycles. The van der Waals surface area contributed by atoms with E-state index in [1.54, 1.807) is 24.3 Å². The molecule has 156 valence electrons. The molecule has 0 saturated carbocycles. The molecule has 1 N–H and O–H groups in total. The molecule has 0 atom stereocenters. The van der Waals surface area contributed by atoms with Gasteiger partial charge in [0.05, 0.1) is 23.7 Å². The number of piperazine rings is 1. The van der Waals surface area contributed by atoms with E-state index in [2.05, 4.69) is 5.32 Å². The van der Waals surface area contributed by atoms with Crippen LogP contribution in [0.1, 0.15) is 6.92 Å². The number of halogens is 1. The quantitative estimate of drug-likeness (QED) is 0.720. The van der Waals surface area contributed by atoms with Crippen molar-refractivity contribution in [3.8, 4) is 5.75 Å². The molecule has 0 unspecified atom stereocenters. The molecule has 3 rings (SSSR count). The third-order valence-electron chi connectivity index (χ3n) is 4.59. The highest BCUT2D eigenvalue weighted by atomic mass is 35.5. The molecular weight excluding hydrogens is 414 g/mol. The number of ether oxygens (including phenoxy) is 1. The van der Waals surface area contributed by atoms with Crippen LogP contribution in [0.3, 0.4) is 0 Å². The smallest absolute Gasteiger partial charge is 0.243 e. The maximum Gasteiger partial charge on any atom is 0.243 e. The first-order valence-corrected chi connectivity index (χ1v) is 11.2. The van der Waals surface area contributed by atoms with Crippen molar-refractivity contribution in [2.45, 2.75) is 11.8 Å². The Hall–Kier alpha value is -2.13. The SMILES string of the molecule is CCOc1ccccc1NC(=O)CN1CCN(S(=O)(=O)c2cccc(Cl)c2)CC1. The van der Waals surface area contributed by atoms with Crippen LogP contribution >= 0.6 is 11.6 Å². The van der Waals surface area contributed by atoms with Crippen LogP contribution in [-0.2, 0) is 14.8 Å². The zero-order valence-electron chi connectivity index (χ0n) is 16.2. The topological polar surface area (TPSA) is 79.0 Å². The van der Waals surface area contributed by atoms with E-state index in [1.807, 2.05) is 24.0 Å². The highest BCUT2D eigenvalue weighted by molar-refractivity contribution is 7.89. The summed E-state index contributed by atoms with van der Waals surface area (Å²) in [7, 11) is -3.59. The molecule has 0 aromatic heterocycles. The van der Waals surface area contributed by atoms with Gasteiger partial charge in [-0.25, -0.2) is 8.42 Å². The van der Waals surface area contributed by atoms with Crippen LogP contribution in [0, 0.1) is 0 Å². The lowest BCUT2D eigenvalue weighted by atomic mass is 10.3. The minimum absolute atomic E-state index is 0.164. The fourth-order valence-corrected chi connectivity index (χ4v) is 4.87. The van der Waals surface area contributed by atoms with Gasteiger partial charge in [-0.3, -0.25) is 9.69 Å². The largest absolute Gasteiger partial charge is 0.492 e. The van der Waals surface area contributed by atoms with Crippen LogP contribution in [0.5, 0.6) is 5.75 Å². The minimum Gasteiger partial charge on any atom is -0.492 e. The number of anilines is 1. The van der Waals surface area contributed by atoms with E-state index in [9.17, 15) is 13.2 Å². The lowest BCUT2D eigenvalue weighted by Crippen LogP contribution is -2.50. The molecule has 7 nitrogen and oxygen atoms in total. The van der Waals surface area contributed by atoms with Gasteiger partial charge in [0.1, 0.15) is 5.75 Å². The number of hydrogen-bond donors (Lipinski definition) is 1. The fourth-order valence-electron chi connectivity index (χ4n) is 3.15. The Kier molecular flexibility index (Phi) is 7.13. The number of para-hydroxylation sites is 2. The van der Waals surface area contributed by atoms with Gasteiger partial charge in [-0.2, -0.15) is 4.31 Å². The van der Waals surface area contributed by atoms with Crippen LogP contribution in [0.4, 0.5) is 5.69 Å². The summed E-state index contributed by atoms with van der Waals surface area (Å²) in [4.78, 5) is 14.5. The van der Waals surface area contributed by atoms with Gasteiger partial charge < -0.3 is 10.1 Å². The van der Waals surface area contributed by atoms with Crippen molar-refractivity contribution in [3.63, 3.8) is 0 Å². The molecule has 1 aliphatic heterocycles. The van der Waals surface area contributed by atoms with Gasteiger partial charge in [-0.15, -0.1) is 0 Å². The monoisotopic (exact) mass is 437 g/mol. The Balaban J connectivity index is 1.55. The Bertz CT molecular complexity index is 960. The number of hydrogen-bond acceptors (Lipinski definition) is 5. The minimum atomic E-state index is -3.59. The summed E-state index contributed by atoms with van der Waals surface area (Å²) in [5, 5.41) is 3.25. The van der Waals surface area contributed by atoms with Gasteiger partial charge in [0.2, 0.25) is 15.9 Å². The van der Waals surface area contributed by atoms with Crippen LogP contribution in [0.25, 0.3) is 0 Å². The van der Waals surface area contributed by atoms with Crippen molar-refractivity contribution >= 4 is 33.2 Å². The maximum absolute atomic E-state index is 12.8. The molecule has 2 aromatic rings. The van der Waals surface area contributed by atoms with Crippen LogP contribution in [0.2, 0.25) is 5.02 Å². The van der Waals surface area contributed by atoms with Gasteiger partial charge in [0.25, 0.3) is 0 Å². The molecule has 9 heteroatoms. The van der Waals surface area contributed by atoms with E-state index < -0.39 is 10.0 Å². The molecule has 0 spiro atoms. The second-order valence-corrected chi connectivity index (χ2v) is 8.99. The van der Waals surface area contributed by atoms with Crippen molar-refractivity contribution < 1.29 is 17.9 Å². The second-order valence-electron chi connectivity index (χ2n) is 6.61. The molecule has 0 bridgehead atoms. The maximum atomic E-state index is 12.8. The van der Waals surface area contributed by atoms with Crippen molar-refractivity contribution in [2.24, 2.45) is 0 Å². The summed E-state index contributed by atoms with van der Waals surface area (Å²) in [6.45, 7) is 4.16. The van der Waals surface area contributed by atoms with Crippen molar-refractivity contribution in [1.82, 2.24) is 9.21 Å². The molecule has 1 amide bonds. The number of carbonyl (C=O) groups excluding carboxylic acids is 1. The second kappa shape index (κ2) is 9.58. The van der Waals surface area contributed by atoms with E-state index in [0.717, 1.165) is 0 Å². The molecule has 29 heavy (non-hydrogen) atoms. The summed E-state index contributed by atoms with van der Waals surface area (Å²) in [6, 6.07) is 13.5. The Labute approximate surface area is 176 Å². The number of nitrogens with one attached hydrogen (secondary N) is 1. The van der Waals surface area contributed by atoms with E-state index in [-0.39, 0.29) is 17.3 Å². The zero-order valence-corrected chi connectivity index (χ0v) is 17.7. The van der Waals surface area contributed by atoms with Gasteiger partial charge in [-0.05, 0) is 37.3 Å². The third-order valence-corrected chi connectivity index (χ3v) is 6.72. The summed E-state index contributed by atoms with van der Waals surface area (Å²) < 4.78 is 32.5. The predicted molar refractivity (Wildman–Crippen MR) is 113 cm³/mol. The van der Waals surface area contributed by atoms with Gasteiger partial charge >= 0.3 is 0 Å². The fraction of sp³-hybridized carbons (Fsp3) is 0.350. The molecule has 1 saturated heterocycles. The van der Waals surface area contributed by atoms with Crippen LogP contribution in [0.15, 0.2) is 53.4 Å². The first kappa shape index (κ1) is 21.6. The first-order chi connectivity index (χ1) is 13.9. The lowest BCUT2D eigenvalue weighted by molar-refractivity contribution is -0.117. The highest BCUT2D eigenvalue weighted by Crippen LogP contribution is 2.24.